The first-order valence-corrected chi connectivity index (χ1v) is 13.2. The summed E-state index contributed by atoms with van der Waals surface area (Å²) in [4.78, 5) is 49.0. The third-order valence-corrected chi connectivity index (χ3v) is 6.33. The van der Waals surface area contributed by atoms with Crippen molar-refractivity contribution in [1.29, 1.82) is 5.53 Å². The summed E-state index contributed by atoms with van der Waals surface area (Å²) in [7, 11) is 0. The van der Waals surface area contributed by atoms with Gasteiger partial charge in [0.15, 0.2) is 11.5 Å². The van der Waals surface area contributed by atoms with Crippen molar-refractivity contribution in [1.82, 2.24) is 0 Å². The van der Waals surface area contributed by atoms with Gasteiger partial charge in [0.2, 0.25) is 5.91 Å². The fourth-order valence-electron chi connectivity index (χ4n) is 4.33. The molecular weight excluding hydrogens is 504 g/mol. The van der Waals surface area contributed by atoms with E-state index in [9.17, 15) is 29.8 Å². The van der Waals surface area contributed by atoms with Crippen LogP contribution in [0.4, 0.5) is 28.4 Å². The van der Waals surface area contributed by atoms with Crippen molar-refractivity contribution in [2.24, 2.45) is 5.11 Å². The molecule has 0 saturated carbocycles. The number of ketones is 1. The largest absolute Gasteiger partial charge is 0.371 e. The maximum atomic E-state index is 13.6. The molecule has 210 valence electrons. The normalized spacial score (nSPS) is 10.6. The van der Waals surface area contributed by atoms with Gasteiger partial charge in [-0.2, -0.15) is 5.11 Å². The van der Waals surface area contributed by atoms with Gasteiger partial charge in [0.05, 0.1) is 27.2 Å². The van der Waals surface area contributed by atoms with Crippen LogP contribution in [0.5, 0.6) is 0 Å². The van der Waals surface area contributed by atoms with Crippen LogP contribution in [0.1, 0.15) is 88.1 Å². The molecule has 0 aliphatic carbocycles. The summed E-state index contributed by atoms with van der Waals surface area (Å²) in [5.41, 5.74) is 5.80. The Hall–Kier alpha value is -4.22. The lowest BCUT2D eigenvalue weighted by molar-refractivity contribution is -0.393. The molecule has 39 heavy (non-hydrogen) atoms. The lowest BCUT2D eigenvalue weighted by Crippen LogP contribution is -2.26. The summed E-state index contributed by atoms with van der Waals surface area (Å²) in [5, 5.41) is 28.7. The lowest BCUT2D eigenvalue weighted by atomic mass is 9.97. The number of amides is 1. The third kappa shape index (κ3) is 8.66. The molecule has 0 atom stereocenters. The summed E-state index contributed by atoms with van der Waals surface area (Å²) in [6.45, 7) is 7.19. The second-order valence-corrected chi connectivity index (χ2v) is 9.34. The molecule has 12 nitrogen and oxygen atoms in total. The molecule has 2 aromatic carbocycles. The van der Waals surface area contributed by atoms with Crippen LogP contribution in [0, 0.1) is 25.8 Å². The van der Waals surface area contributed by atoms with Crippen molar-refractivity contribution in [3.63, 3.8) is 0 Å². The molecule has 1 amide bonds. The number of nitrogens with zero attached hydrogens (tertiary/aromatic N) is 4. The van der Waals surface area contributed by atoms with Crippen molar-refractivity contribution < 1.29 is 19.4 Å². The van der Waals surface area contributed by atoms with Crippen LogP contribution >= 0.6 is 0 Å². The van der Waals surface area contributed by atoms with E-state index in [2.05, 4.69) is 29.2 Å². The van der Waals surface area contributed by atoms with E-state index in [1.165, 1.54) is 13.0 Å². The number of hydrogen-bond donors (Lipinski definition) is 2. The van der Waals surface area contributed by atoms with Gasteiger partial charge in [-0.15, -0.1) is 0 Å². The smallest absolute Gasteiger partial charge is 0.304 e. The first-order valence-electron chi connectivity index (χ1n) is 13.2. The van der Waals surface area contributed by atoms with Crippen molar-refractivity contribution >= 4 is 40.1 Å². The van der Waals surface area contributed by atoms with Crippen LogP contribution < -0.4 is 10.2 Å². The first-order chi connectivity index (χ1) is 18.6. The maximum absolute atomic E-state index is 13.6. The van der Waals surface area contributed by atoms with Gasteiger partial charge >= 0.3 is 5.69 Å². The number of nitro benzene ring substituents is 2. The molecule has 0 unspecified atom stereocenters. The van der Waals surface area contributed by atoms with E-state index in [0.717, 1.165) is 76.2 Å². The quantitative estimate of drug-likeness (QED) is 0.0695. The predicted octanol–water partition coefficient (Wildman–Crippen LogP) is 7.32. The van der Waals surface area contributed by atoms with E-state index in [0.29, 0.717) is 6.07 Å². The number of carbonyl (C=O) groups excluding carboxylic acids is 2. The van der Waals surface area contributed by atoms with Crippen molar-refractivity contribution in [2.75, 3.05) is 23.3 Å². The number of hydrogen-bond acceptors (Lipinski definition) is 9. The van der Waals surface area contributed by atoms with E-state index >= 15 is 0 Å². The lowest BCUT2D eigenvalue weighted by Gasteiger charge is -2.26. The van der Waals surface area contributed by atoms with E-state index in [1.807, 2.05) is 0 Å². The highest BCUT2D eigenvalue weighted by atomic mass is 16.6. The zero-order valence-corrected chi connectivity index (χ0v) is 22.7. The first kappa shape index (κ1) is 31.0. The molecule has 0 heterocycles. The number of nitro groups is 2. The van der Waals surface area contributed by atoms with Crippen molar-refractivity contribution in [3.8, 4) is 0 Å². The second-order valence-electron chi connectivity index (χ2n) is 9.34. The minimum absolute atomic E-state index is 0.0226. The Labute approximate surface area is 227 Å². The molecule has 0 aromatic heterocycles. The maximum Gasteiger partial charge on any atom is 0.304 e. The van der Waals surface area contributed by atoms with Crippen LogP contribution in [0.15, 0.2) is 35.4 Å². The van der Waals surface area contributed by atoms with Crippen LogP contribution in [0.25, 0.3) is 0 Å². The highest BCUT2D eigenvalue weighted by molar-refractivity contribution is 6.17. The monoisotopic (exact) mass is 540 g/mol. The number of nitrogens with one attached hydrogen (secondary N) is 2. The van der Waals surface area contributed by atoms with Gasteiger partial charge in [-0.05, 0) is 31.0 Å². The Morgan fingerprint density at radius 1 is 0.897 bits per heavy atom. The zero-order valence-electron chi connectivity index (χ0n) is 22.7. The molecule has 2 rings (SSSR count). The molecule has 2 aromatic rings. The van der Waals surface area contributed by atoms with Gasteiger partial charge in [0.1, 0.15) is 0 Å². The van der Waals surface area contributed by atoms with Crippen molar-refractivity contribution in [3.05, 3.63) is 61.7 Å². The Morgan fingerprint density at radius 3 is 2.00 bits per heavy atom. The van der Waals surface area contributed by atoms with E-state index < -0.39 is 44.2 Å². The average molecular weight is 541 g/mol. The van der Waals surface area contributed by atoms with Gasteiger partial charge in [0.25, 0.3) is 5.69 Å². The van der Waals surface area contributed by atoms with Gasteiger partial charge in [0, 0.05) is 37.3 Å². The molecule has 0 aliphatic rings. The Kier molecular flexibility index (Phi) is 12.1. The summed E-state index contributed by atoms with van der Waals surface area (Å²) in [6, 6.07) is 6.43. The molecular formula is C27H36N6O6. The summed E-state index contributed by atoms with van der Waals surface area (Å²) >= 11 is 0. The Bertz CT molecular complexity index is 1200. The van der Waals surface area contributed by atoms with E-state index in [4.69, 9.17) is 5.53 Å². The highest BCUT2D eigenvalue weighted by Gasteiger charge is 2.29. The number of carbonyl (C=O) groups is 2. The predicted molar refractivity (Wildman–Crippen MR) is 149 cm³/mol. The van der Waals surface area contributed by atoms with Gasteiger partial charge < -0.3 is 10.2 Å². The third-order valence-electron chi connectivity index (χ3n) is 6.33. The minimum atomic E-state index is -0.927. The number of rotatable bonds is 17. The fraction of sp³-hybridized carbons (Fsp3) is 0.481. The number of anilines is 2. The van der Waals surface area contributed by atoms with Gasteiger partial charge in [-0.1, -0.05) is 52.4 Å². The Morgan fingerprint density at radius 2 is 1.51 bits per heavy atom. The number of benzene rings is 2. The fourth-order valence-corrected chi connectivity index (χ4v) is 4.33. The molecule has 0 bridgehead atoms. The highest BCUT2D eigenvalue weighted by Crippen LogP contribution is 2.38. The molecule has 0 fully saturated rings. The van der Waals surface area contributed by atoms with Crippen molar-refractivity contribution in [2.45, 2.75) is 72.1 Å². The summed E-state index contributed by atoms with van der Waals surface area (Å²) in [5.74, 6) is -1.27. The second kappa shape index (κ2) is 15.3. The zero-order chi connectivity index (χ0) is 28.9. The molecule has 2 N–H and O–H groups in total. The molecule has 0 spiro atoms. The minimum Gasteiger partial charge on any atom is -0.371 e. The number of unbranched alkanes of at least 4 members (excludes halogenated alkanes) is 6. The van der Waals surface area contributed by atoms with Crippen LogP contribution in [-0.2, 0) is 4.79 Å². The Balaban J connectivity index is 2.57. The standard InChI is InChI=1S/C27H36N6O6/c1-4-6-8-10-14-31(15-11-9-7-5-2)20-12-13-22(24(17-20)29-19(3)34)27(35)23-16-21(32(36)37)18-25(33(38)39)26(23)30-28/h12-13,16-18,28H,4-11,14-15H2,1-3H3,(H,29,34). The molecule has 12 heteroatoms. The SMILES string of the molecule is CCCCCCN(CCCCCC)c1ccc(C(=O)c2cc([N+](=O)[O-])cc([N+](=O)[O-])c2N=N)c(NC(C)=O)c1. The van der Waals surface area contributed by atoms with Crippen LogP contribution in [-0.4, -0.2) is 34.6 Å². The number of non-ortho nitro benzene ring substituents is 1. The summed E-state index contributed by atoms with van der Waals surface area (Å²) in [6.07, 6.45) is 8.64. The van der Waals surface area contributed by atoms with E-state index in [-0.39, 0.29) is 11.3 Å². The van der Waals surface area contributed by atoms with Gasteiger partial charge in [-0.3, -0.25) is 29.8 Å². The van der Waals surface area contributed by atoms with E-state index in [1.54, 1.807) is 12.1 Å². The molecule has 0 saturated heterocycles. The molecule has 0 aliphatic heterocycles. The van der Waals surface area contributed by atoms with Crippen LogP contribution in [0.3, 0.4) is 0 Å². The average Bonchev–Trinajstić information content (AvgIpc) is 2.90. The van der Waals surface area contributed by atoms with Gasteiger partial charge in [-0.25, -0.2) is 5.53 Å². The molecule has 0 radical (unpaired) electrons. The van der Waals surface area contributed by atoms with Crippen LogP contribution in [0.2, 0.25) is 0 Å². The summed E-state index contributed by atoms with van der Waals surface area (Å²) < 4.78 is 0. The topological polar surface area (TPSA) is 172 Å².